The van der Waals surface area contributed by atoms with Crippen LogP contribution in [0.5, 0.6) is 0 Å². The Hall–Kier alpha value is -3.52. The summed E-state index contributed by atoms with van der Waals surface area (Å²) < 4.78 is 33.0. The second-order valence-corrected chi connectivity index (χ2v) is 10.8. The summed E-state index contributed by atoms with van der Waals surface area (Å²) in [4.78, 5) is 22.8. The van der Waals surface area contributed by atoms with Crippen LogP contribution in [0.2, 0.25) is 0 Å². The van der Waals surface area contributed by atoms with E-state index in [1.807, 2.05) is 20.9 Å². The summed E-state index contributed by atoms with van der Waals surface area (Å²) in [6, 6.07) is 8.06. The molecule has 10 heteroatoms. The van der Waals surface area contributed by atoms with Crippen molar-refractivity contribution in [3.8, 4) is 6.07 Å². The molecule has 4 aromatic rings. The minimum Gasteiger partial charge on any atom is -0.364 e. The summed E-state index contributed by atoms with van der Waals surface area (Å²) in [6.07, 6.45) is 0. The number of fused-ring (bicyclic) bond motifs is 4. The van der Waals surface area contributed by atoms with Crippen molar-refractivity contribution in [3.05, 3.63) is 51.7 Å². The van der Waals surface area contributed by atoms with Crippen LogP contribution in [0.25, 0.3) is 32.8 Å². The molecule has 2 fully saturated rings. The van der Waals surface area contributed by atoms with Gasteiger partial charge in [-0.05, 0) is 46.1 Å². The zero-order chi connectivity index (χ0) is 27.8. The lowest BCUT2D eigenvalue weighted by atomic mass is 10.1. The average Bonchev–Trinajstić information content (AvgIpc) is 3.29. The molecule has 2 aliphatic rings. The molecule has 8 nitrogen and oxygen atoms in total. The molecule has 0 saturated carbocycles. The van der Waals surface area contributed by atoms with Gasteiger partial charge in [0.15, 0.2) is 11.2 Å². The molecule has 39 heavy (non-hydrogen) atoms. The third kappa shape index (κ3) is 4.98. The Morgan fingerprint density at radius 1 is 0.949 bits per heavy atom. The van der Waals surface area contributed by atoms with Gasteiger partial charge < -0.3 is 29.6 Å². The van der Waals surface area contributed by atoms with Crippen LogP contribution in [0.15, 0.2) is 29.1 Å². The van der Waals surface area contributed by atoms with Crippen molar-refractivity contribution in [2.45, 2.75) is 19.9 Å². The Morgan fingerprint density at radius 2 is 1.62 bits per heavy atom. The fourth-order valence-corrected chi connectivity index (χ4v) is 5.53. The molecule has 0 atom stereocenters. The van der Waals surface area contributed by atoms with E-state index in [-0.39, 0.29) is 22.6 Å². The molecule has 0 unspecified atom stereocenters. The molecule has 0 bridgehead atoms. The van der Waals surface area contributed by atoms with Gasteiger partial charge in [0.25, 0.3) is 0 Å². The number of pyridine rings is 1. The van der Waals surface area contributed by atoms with Gasteiger partial charge in [-0.2, -0.15) is 5.26 Å². The molecule has 2 saturated heterocycles. The second-order valence-electron chi connectivity index (χ2n) is 10.8. The first-order valence-corrected chi connectivity index (χ1v) is 13.5. The van der Waals surface area contributed by atoms with Gasteiger partial charge in [-0.3, -0.25) is 4.79 Å². The monoisotopic (exact) mass is 535 g/mol. The molecular weight excluding hydrogens is 500 g/mol. The highest BCUT2D eigenvalue weighted by atomic mass is 19.1. The van der Waals surface area contributed by atoms with E-state index in [9.17, 15) is 10.1 Å². The highest BCUT2D eigenvalue weighted by Crippen LogP contribution is 2.35. The number of hydrogen-bond donors (Lipinski definition) is 2. The number of benzene rings is 2. The maximum Gasteiger partial charge on any atom is 0.199 e. The van der Waals surface area contributed by atoms with Crippen LogP contribution in [0.4, 0.5) is 14.5 Å². The van der Waals surface area contributed by atoms with Crippen LogP contribution < -0.4 is 15.6 Å². The van der Waals surface area contributed by atoms with Crippen molar-refractivity contribution >= 4 is 38.5 Å². The van der Waals surface area contributed by atoms with E-state index in [1.165, 1.54) is 19.2 Å². The number of H-pyrrole nitrogens is 1. The highest BCUT2D eigenvalue weighted by Gasteiger charge is 2.27. The normalized spacial score (nSPS) is 17.1. The number of halogens is 2. The van der Waals surface area contributed by atoms with Crippen LogP contribution >= 0.6 is 0 Å². The molecular formula is C29H35F2N7O. The number of likely N-dealkylation sites (N-methyl/N-ethyl adjacent to an activating group) is 2. The number of nitrogens with one attached hydrogen (secondary N) is 2. The van der Waals surface area contributed by atoms with Gasteiger partial charge in [0.05, 0.1) is 27.9 Å². The molecule has 0 spiro atoms. The Bertz CT molecular complexity index is 1620. The van der Waals surface area contributed by atoms with Gasteiger partial charge in [0.1, 0.15) is 17.2 Å². The molecule has 206 valence electrons. The highest BCUT2D eigenvalue weighted by molar-refractivity contribution is 6.10. The molecule has 2 N–H and O–H groups in total. The van der Waals surface area contributed by atoms with Gasteiger partial charge >= 0.3 is 0 Å². The van der Waals surface area contributed by atoms with Gasteiger partial charge in [0.2, 0.25) is 0 Å². The van der Waals surface area contributed by atoms with E-state index >= 15 is 8.78 Å². The van der Waals surface area contributed by atoms with E-state index in [0.717, 1.165) is 13.1 Å². The van der Waals surface area contributed by atoms with E-state index in [4.69, 9.17) is 0 Å². The fourth-order valence-electron chi connectivity index (χ4n) is 5.53. The number of anilines is 1. The van der Waals surface area contributed by atoms with Gasteiger partial charge in [-0.15, -0.1) is 0 Å². The largest absolute Gasteiger partial charge is 0.364 e. The summed E-state index contributed by atoms with van der Waals surface area (Å²) >= 11 is 0. The van der Waals surface area contributed by atoms with E-state index < -0.39 is 17.1 Å². The van der Waals surface area contributed by atoms with Gasteiger partial charge in [-0.25, -0.2) is 8.78 Å². The van der Waals surface area contributed by atoms with Gasteiger partial charge in [-0.1, -0.05) is 6.07 Å². The number of aromatic nitrogens is 2. The first-order chi connectivity index (χ1) is 18.7. The van der Waals surface area contributed by atoms with Crippen LogP contribution in [0.1, 0.15) is 25.5 Å². The smallest absolute Gasteiger partial charge is 0.199 e. The summed E-state index contributed by atoms with van der Waals surface area (Å²) in [5, 5.41) is 13.5. The maximum absolute atomic E-state index is 16.0. The lowest BCUT2D eigenvalue weighted by Gasteiger charge is -2.34. The number of aromatic amines is 1. The van der Waals surface area contributed by atoms with Crippen LogP contribution in [0.3, 0.4) is 0 Å². The summed E-state index contributed by atoms with van der Waals surface area (Å²) in [5.41, 5.74) is 1.12. The minimum atomic E-state index is -0.724. The number of piperazine rings is 2. The lowest BCUT2D eigenvalue weighted by Crippen LogP contribution is -2.45. The van der Waals surface area contributed by atoms with Crippen LogP contribution in [-0.4, -0.2) is 85.8 Å². The van der Waals surface area contributed by atoms with Gasteiger partial charge in [0, 0.05) is 69.3 Å². The first-order valence-electron chi connectivity index (χ1n) is 13.5. The van der Waals surface area contributed by atoms with E-state index in [1.54, 1.807) is 27.7 Å². The van der Waals surface area contributed by atoms with Crippen molar-refractivity contribution in [1.82, 2.24) is 24.7 Å². The van der Waals surface area contributed by atoms with Crippen molar-refractivity contribution in [1.29, 1.82) is 5.26 Å². The Balaban J connectivity index is 0.000000384. The lowest BCUT2D eigenvalue weighted by molar-refractivity contribution is 0.291. The molecule has 0 radical (unpaired) electrons. The zero-order valence-electron chi connectivity index (χ0n) is 22.9. The second kappa shape index (κ2) is 10.9. The maximum atomic E-state index is 16.0. The molecule has 2 aromatic carbocycles. The summed E-state index contributed by atoms with van der Waals surface area (Å²) in [7, 11) is 4.13. The van der Waals surface area contributed by atoms with Crippen molar-refractivity contribution in [2.24, 2.45) is 0 Å². The number of rotatable bonds is 2. The summed E-state index contributed by atoms with van der Waals surface area (Å²) in [6.45, 7) is 11.0. The average molecular weight is 536 g/mol. The Kier molecular flexibility index (Phi) is 7.58. The third-order valence-electron chi connectivity index (χ3n) is 7.71. The first kappa shape index (κ1) is 27.1. The van der Waals surface area contributed by atoms with E-state index in [2.05, 4.69) is 33.2 Å². The Morgan fingerprint density at radius 3 is 2.21 bits per heavy atom. The van der Waals surface area contributed by atoms with Crippen molar-refractivity contribution in [2.75, 3.05) is 71.4 Å². The quantitative estimate of drug-likeness (QED) is 0.408. The van der Waals surface area contributed by atoms with E-state index in [0.29, 0.717) is 53.7 Å². The van der Waals surface area contributed by atoms with Crippen molar-refractivity contribution < 1.29 is 8.78 Å². The Labute approximate surface area is 226 Å². The van der Waals surface area contributed by atoms with Crippen molar-refractivity contribution in [3.63, 3.8) is 0 Å². The molecule has 2 aromatic heterocycles. The number of nitriles is 1. The van der Waals surface area contributed by atoms with Crippen LogP contribution in [-0.2, 0) is 0 Å². The van der Waals surface area contributed by atoms with Crippen LogP contribution in [0, 0.1) is 23.0 Å². The summed E-state index contributed by atoms with van der Waals surface area (Å²) in [5.74, 6) is -1.44. The molecule has 6 rings (SSSR count). The predicted octanol–water partition coefficient (Wildman–Crippen LogP) is 3.64. The number of hydrogen-bond acceptors (Lipinski definition) is 6. The number of nitrogens with zero attached hydrogens (tertiary/aromatic N) is 5. The minimum absolute atomic E-state index is 0.0179. The fraction of sp³-hybridized carbons (Fsp3) is 0.448. The predicted molar refractivity (Wildman–Crippen MR) is 153 cm³/mol. The molecule has 0 amide bonds. The molecule has 2 aliphatic heterocycles. The standard InChI is InChI=1S/C24H23F2N5O.C5H12N2/c1-13(2)31-21-16(11-17(25)22(20(21)26)30-8-6-29(3)7-9-30)23(32)19-15-5-4-14(12-27)10-18(15)28-24(19)31;1-7-4-2-6-3-5-7/h4-5,10-11,13,28H,6-9H2,1-3H3;6H,2-5H2,1H3. The molecule has 4 heterocycles. The SMILES string of the molecule is CC(C)n1c2[nH]c3cc(C#N)ccc3c2c(=O)c2cc(F)c(N3CCN(C)CC3)c(F)c21.CN1CCNCC1. The molecule has 0 aliphatic carbocycles. The third-order valence-corrected chi connectivity index (χ3v) is 7.71. The topological polar surface area (TPSA) is 83.3 Å². The zero-order valence-corrected chi connectivity index (χ0v) is 22.9.